The fourth-order valence-electron chi connectivity index (χ4n) is 2.46. The smallest absolute Gasteiger partial charge is 0.340 e. The predicted octanol–water partition coefficient (Wildman–Crippen LogP) is 3.99. The number of rotatable bonds is 8. The molecule has 0 atom stereocenters. The van der Waals surface area contributed by atoms with Crippen LogP contribution in [0.5, 0.6) is 0 Å². The van der Waals surface area contributed by atoms with Gasteiger partial charge in [-0.2, -0.15) is 0 Å². The van der Waals surface area contributed by atoms with E-state index in [1.807, 2.05) is 0 Å². The van der Waals surface area contributed by atoms with Crippen LogP contribution in [0.25, 0.3) is 0 Å². The second-order valence-electron chi connectivity index (χ2n) is 6.22. The Balaban J connectivity index is 1.56. The molecule has 114 valence electrons. The van der Waals surface area contributed by atoms with Gasteiger partial charge in [-0.3, -0.25) is 0 Å². The SMILES string of the molecule is O=C(OCCC1CC1)c1cc(F)ccc1NCCC1CC1. The van der Waals surface area contributed by atoms with E-state index in [1.54, 1.807) is 6.07 Å². The Bertz CT molecular complexity index is 510. The van der Waals surface area contributed by atoms with Crippen molar-refractivity contribution < 1.29 is 13.9 Å². The van der Waals surface area contributed by atoms with Gasteiger partial charge in [0.1, 0.15) is 5.82 Å². The molecule has 0 unspecified atom stereocenters. The summed E-state index contributed by atoms with van der Waals surface area (Å²) < 4.78 is 18.7. The first-order valence-electron chi connectivity index (χ1n) is 7.93. The molecule has 0 amide bonds. The first-order chi connectivity index (χ1) is 10.2. The zero-order chi connectivity index (χ0) is 14.7. The molecule has 0 aromatic heterocycles. The van der Waals surface area contributed by atoms with Crippen molar-refractivity contribution in [1.82, 2.24) is 0 Å². The lowest BCUT2D eigenvalue weighted by Gasteiger charge is -2.12. The molecule has 0 aliphatic heterocycles. The summed E-state index contributed by atoms with van der Waals surface area (Å²) >= 11 is 0. The third kappa shape index (κ3) is 4.45. The average Bonchev–Trinajstić information content (AvgIpc) is 3.34. The van der Waals surface area contributed by atoms with Gasteiger partial charge in [0.25, 0.3) is 0 Å². The van der Waals surface area contributed by atoms with E-state index in [9.17, 15) is 9.18 Å². The highest BCUT2D eigenvalue weighted by atomic mass is 19.1. The second kappa shape index (κ2) is 6.46. The molecule has 0 heterocycles. The maximum atomic E-state index is 13.4. The van der Waals surface area contributed by atoms with Gasteiger partial charge in [-0.25, -0.2) is 9.18 Å². The number of anilines is 1. The quantitative estimate of drug-likeness (QED) is 0.736. The molecular weight excluding hydrogens is 269 g/mol. The minimum atomic E-state index is -0.427. The summed E-state index contributed by atoms with van der Waals surface area (Å²) in [6.45, 7) is 1.25. The lowest BCUT2D eigenvalue weighted by molar-refractivity contribution is 0.0495. The molecular formula is C17H22FNO2. The first kappa shape index (κ1) is 14.4. The fourth-order valence-corrected chi connectivity index (χ4v) is 2.46. The lowest BCUT2D eigenvalue weighted by Crippen LogP contribution is -2.12. The molecule has 0 spiro atoms. The van der Waals surface area contributed by atoms with E-state index in [2.05, 4.69) is 5.32 Å². The molecule has 0 bridgehead atoms. The Morgan fingerprint density at radius 1 is 1.19 bits per heavy atom. The summed E-state index contributed by atoms with van der Waals surface area (Å²) in [6.07, 6.45) is 7.12. The van der Waals surface area contributed by atoms with Gasteiger partial charge in [-0.15, -0.1) is 0 Å². The molecule has 2 saturated carbocycles. The van der Waals surface area contributed by atoms with Crippen molar-refractivity contribution in [2.75, 3.05) is 18.5 Å². The largest absolute Gasteiger partial charge is 0.462 e. The highest BCUT2D eigenvalue weighted by Gasteiger charge is 2.23. The zero-order valence-corrected chi connectivity index (χ0v) is 12.2. The third-order valence-corrected chi connectivity index (χ3v) is 4.22. The Kier molecular flexibility index (Phi) is 4.42. The fraction of sp³-hybridized carbons (Fsp3) is 0.588. The molecule has 4 heteroatoms. The molecule has 3 rings (SSSR count). The van der Waals surface area contributed by atoms with Crippen LogP contribution in [0.1, 0.15) is 48.9 Å². The standard InChI is InChI=1S/C17H22FNO2/c18-14-5-6-16(19-9-7-12-1-2-12)15(11-14)17(20)21-10-8-13-3-4-13/h5-6,11-13,19H,1-4,7-10H2. The number of halogens is 1. The molecule has 1 N–H and O–H groups in total. The summed E-state index contributed by atoms with van der Waals surface area (Å²) in [5.41, 5.74) is 0.982. The van der Waals surface area contributed by atoms with E-state index in [1.165, 1.54) is 37.8 Å². The number of hydrogen-bond donors (Lipinski definition) is 1. The minimum absolute atomic E-state index is 0.307. The van der Waals surface area contributed by atoms with Crippen molar-refractivity contribution in [3.63, 3.8) is 0 Å². The van der Waals surface area contributed by atoms with Crippen LogP contribution in [-0.4, -0.2) is 19.1 Å². The molecule has 0 radical (unpaired) electrons. The van der Waals surface area contributed by atoms with Crippen LogP contribution in [0.4, 0.5) is 10.1 Å². The Labute approximate surface area is 124 Å². The maximum Gasteiger partial charge on any atom is 0.340 e. The van der Waals surface area contributed by atoms with Crippen molar-refractivity contribution in [3.8, 4) is 0 Å². The van der Waals surface area contributed by atoms with Gasteiger partial charge in [-0.1, -0.05) is 25.7 Å². The number of ether oxygens (including phenoxy) is 1. The predicted molar refractivity (Wildman–Crippen MR) is 79.9 cm³/mol. The van der Waals surface area contributed by atoms with Gasteiger partial charge < -0.3 is 10.1 Å². The molecule has 1 aromatic rings. The van der Waals surface area contributed by atoms with Gasteiger partial charge in [0, 0.05) is 12.2 Å². The van der Waals surface area contributed by atoms with Gasteiger partial charge in [0.2, 0.25) is 0 Å². The van der Waals surface area contributed by atoms with Crippen molar-refractivity contribution in [2.24, 2.45) is 11.8 Å². The Morgan fingerprint density at radius 3 is 2.62 bits per heavy atom. The van der Waals surface area contributed by atoms with Gasteiger partial charge in [0.15, 0.2) is 0 Å². The molecule has 2 fully saturated rings. The van der Waals surface area contributed by atoms with Crippen LogP contribution in [0.3, 0.4) is 0 Å². The highest BCUT2D eigenvalue weighted by molar-refractivity contribution is 5.95. The summed E-state index contributed by atoms with van der Waals surface area (Å²) in [4.78, 5) is 12.1. The van der Waals surface area contributed by atoms with E-state index in [0.717, 1.165) is 31.2 Å². The van der Waals surface area contributed by atoms with E-state index < -0.39 is 11.8 Å². The maximum absolute atomic E-state index is 13.4. The third-order valence-electron chi connectivity index (χ3n) is 4.22. The van der Waals surface area contributed by atoms with Crippen LogP contribution >= 0.6 is 0 Å². The van der Waals surface area contributed by atoms with Gasteiger partial charge in [0.05, 0.1) is 12.2 Å². The number of carbonyl (C=O) groups excluding carboxylic acids is 1. The van der Waals surface area contributed by atoms with E-state index >= 15 is 0 Å². The van der Waals surface area contributed by atoms with Crippen LogP contribution in [-0.2, 0) is 4.74 Å². The molecule has 2 aliphatic carbocycles. The van der Waals surface area contributed by atoms with Crippen molar-refractivity contribution >= 4 is 11.7 Å². The summed E-state index contributed by atoms with van der Waals surface area (Å²) in [5, 5.41) is 3.24. The Morgan fingerprint density at radius 2 is 1.90 bits per heavy atom. The first-order valence-corrected chi connectivity index (χ1v) is 7.93. The topological polar surface area (TPSA) is 38.3 Å². The number of benzene rings is 1. The number of hydrogen-bond acceptors (Lipinski definition) is 3. The highest BCUT2D eigenvalue weighted by Crippen LogP contribution is 2.33. The molecule has 21 heavy (non-hydrogen) atoms. The normalized spacial score (nSPS) is 17.6. The van der Waals surface area contributed by atoms with Gasteiger partial charge >= 0.3 is 5.97 Å². The van der Waals surface area contributed by atoms with Crippen LogP contribution < -0.4 is 5.32 Å². The second-order valence-corrected chi connectivity index (χ2v) is 6.22. The van der Waals surface area contributed by atoms with Crippen LogP contribution in [0, 0.1) is 17.7 Å². The summed E-state index contributed by atoms with van der Waals surface area (Å²) in [5.74, 6) is 0.717. The van der Waals surface area contributed by atoms with Crippen molar-refractivity contribution in [1.29, 1.82) is 0 Å². The Hall–Kier alpha value is -1.58. The van der Waals surface area contributed by atoms with E-state index in [0.29, 0.717) is 17.9 Å². The summed E-state index contributed by atoms with van der Waals surface area (Å²) in [7, 11) is 0. The van der Waals surface area contributed by atoms with Gasteiger partial charge in [-0.05, 0) is 42.9 Å². The summed E-state index contributed by atoms with van der Waals surface area (Å²) in [6, 6.07) is 4.26. The van der Waals surface area contributed by atoms with Crippen LogP contribution in [0.2, 0.25) is 0 Å². The lowest BCUT2D eigenvalue weighted by atomic mass is 10.1. The molecule has 2 aliphatic rings. The molecule has 3 nitrogen and oxygen atoms in total. The average molecular weight is 291 g/mol. The molecule has 1 aromatic carbocycles. The minimum Gasteiger partial charge on any atom is -0.462 e. The van der Waals surface area contributed by atoms with E-state index in [-0.39, 0.29) is 0 Å². The number of nitrogens with one attached hydrogen (secondary N) is 1. The van der Waals surface area contributed by atoms with Crippen molar-refractivity contribution in [2.45, 2.75) is 38.5 Å². The van der Waals surface area contributed by atoms with Crippen molar-refractivity contribution in [3.05, 3.63) is 29.6 Å². The number of carbonyl (C=O) groups is 1. The monoisotopic (exact) mass is 291 g/mol. The molecule has 0 saturated heterocycles. The van der Waals surface area contributed by atoms with Crippen LogP contribution in [0.15, 0.2) is 18.2 Å². The number of esters is 1. The zero-order valence-electron chi connectivity index (χ0n) is 12.2. The van der Waals surface area contributed by atoms with E-state index in [4.69, 9.17) is 4.74 Å².